The summed E-state index contributed by atoms with van der Waals surface area (Å²) in [6.45, 7) is 8.94. The monoisotopic (exact) mass is 276 g/mol. The molecule has 2 atom stereocenters. The molecule has 0 saturated heterocycles. The molecule has 1 aromatic heterocycles. The Labute approximate surface area is 121 Å². The molecule has 0 spiro atoms. The fraction of sp³-hybridized carbons (Fsp3) is 0.625. The molecular formula is C16H24N2O2. The van der Waals surface area contributed by atoms with Crippen molar-refractivity contribution in [3.8, 4) is 0 Å². The van der Waals surface area contributed by atoms with Gasteiger partial charge >= 0.3 is 0 Å². The number of pyridine rings is 1. The second-order valence-electron chi connectivity index (χ2n) is 6.07. The molecule has 0 bridgehead atoms. The number of nitrogens with zero attached hydrogens (tertiary/aromatic N) is 2. The first-order valence-electron chi connectivity index (χ1n) is 7.20. The Hall–Kier alpha value is -1.42. The Morgan fingerprint density at radius 1 is 1.55 bits per heavy atom. The first kappa shape index (κ1) is 15.0. The molecule has 4 heteroatoms. The van der Waals surface area contributed by atoms with Gasteiger partial charge in [-0.3, -0.25) is 9.78 Å². The van der Waals surface area contributed by atoms with Gasteiger partial charge in [-0.15, -0.1) is 0 Å². The highest BCUT2D eigenvalue weighted by Crippen LogP contribution is 2.45. The zero-order valence-electron chi connectivity index (χ0n) is 13.0. The Kier molecular flexibility index (Phi) is 4.14. The van der Waals surface area contributed by atoms with Crippen LogP contribution in [0, 0.1) is 12.3 Å². The number of carbonyl (C=O) groups excluding carboxylic acids is 1. The van der Waals surface area contributed by atoms with Gasteiger partial charge in [-0.1, -0.05) is 13.8 Å². The Balaban J connectivity index is 2.12. The molecule has 0 N–H and O–H groups in total. The van der Waals surface area contributed by atoms with Crippen LogP contribution in [0.3, 0.4) is 0 Å². The van der Waals surface area contributed by atoms with Crippen LogP contribution in [0.25, 0.3) is 0 Å². The minimum Gasteiger partial charge on any atom is -0.378 e. The van der Waals surface area contributed by atoms with Crippen LogP contribution >= 0.6 is 0 Å². The fourth-order valence-electron chi connectivity index (χ4n) is 3.05. The van der Waals surface area contributed by atoms with Crippen LogP contribution in [0.1, 0.15) is 43.2 Å². The van der Waals surface area contributed by atoms with E-state index in [1.165, 1.54) is 0 Å². The SMILES string of the molecule is CCO[C@H]1C[C@@H](N(C)C(=O)c2cccnc2C)C1(C)C. The molecule has 4 nitrogen and oxygen atoms in total. The number of aryl methyl sites for hydroxylation is 1. The lowest BCUT2D eigenvalue weighted by atomic mass is 9.63. The van der Waals surface area contributed by atoms with Crippen LogP contribution < -0.4 is 0 Å². The van der Waals surface area contributed by atoms with Crippen molar-refractivity contribution in [1.29, 1.82) is 0 Å². The van der Waals surface area contributed by atoms with Crippen LogP contribution in [0.4, 0.5) is 0 Å². The summed E-state index contributed by atoms with van der Waals surface area (Å²) in [4.78, 5) is 18.6. The largest absolute Gasteiger partial charge is 0.378 e. The van der Waals surface area contributed by atoms with Gasteiger partial charge in [0.25, 0.3) is 5.91 Å². The summed E-state index contributed by atoms with van der Waals surface area (Å²) in [6, 6.07) is 3.86. The highest BCUT2D eigenvalue weighted by atomic mass is 16.5. The van der Waals surface area contributed by atoms with Crippen molar-refractivity contribution in [2.75, 3.05) is 13.7 Å². The summed E-state index contributed by atoms with van der Waals surface area (Å²) in [5.41, 5.74) is 1.46. The summed E-state index contributed by atoms with van der Waals surface area (Å²) in [6.07, 6.45) is 2.86. The summed E-state index contributed by atoms with van der Waals surface area (Å²) in [5.74, 6) is 0.0450. The zero-order valence-corrected chi connectivity index (χ0v) is 13.0. The minimum atomic E-state index is -0.00344. The molecule has 1 aliphatic carbocycles. The van der Waals surface area contributed by atoms with Gasteiger partial charge in [0, 0.05) is 37.0 Å². The molecule has 1 heterocycles. The minimum absolute atomic E-state index is 0.00344. The third-order valence-electron chi connectivity index (χ3n) is 4.52. The van der Waals surface area contributed by atoms with Crippen LogP contribution in [0.2, 0.25) is 0 Å². The Morgan fingerprint density at radius 3 is 2.80 bits per heavy atom. The van der Waals surface area contributed by atoms with E-state index >= 15 is 0 Å². The molecule has 1 saturated carbocycles. The lowest BCUT2D eigenvalue weighted by molar-refractivity contribution is -0.136. The normalized spacial score (nSPS) is 24.1. The van der Waals surface area contributed by atoms with E-state index in [-0.39, 0.29) is 23.5 Å². The van der Waals surface area contributed by atoms with E-state index < -0.39 is 0 Å². The van der Waals surface area contributed by atoms with Crippen molar-refractivity contribution in [1.82, 2.24) is 9.88 Å². The van der Waals surface area contributed by atoms with E-state index in [1.807, 2.05) is 37.9 Å². The molecule has 0 aliphatic heterocycles. The second-order valence-corrected chi connectivity index (χ2v) is 6.07. The van der Waals surface area contributed by atoms with Crippen LogP contribution in [-0.2, 0) is 4.74 Å². The third kappa shape index (κ3) is 2.44. The summed E-state index contributed by atoms with van der Waals surface area (Å²) < 4.78 is 5.73. The second kappa shape index (κ2) is 5.52. The summed E-state index contributed by atoms with van der Waals surface area (Å²) in [5, 5.41) is 0. The van der Waals surface area contributed by atoms with Crippen molar-refractivity contribution in [2.24, 2.45) is 5.41 Å². The predicted octanol–water partition coefficient (Wildman–Crippen LogP) is 2.67. The Bertz CT molecular complexity index is 499. The Morgan fingerprint density at radius 2 is 2.25 bits per heavy atom. The number of rotatable bonds is 4. The van der Waals surface area contributed by atoms with Crippen LogP contribution in [-0.4, -0.2) is 41.6 Å². The molecule has 110 valence electrons. The standard InChI is InChI=1S/C16H24N2O2/c1-6-20-14-10-13(16(14,3)4)18(5)15(19)12-8-7-9-17-11(12)2/h7-9,13-14H,6,10H2,1-5H3/t13-,14+/m1/s1. The van der Waals surface area contributed by atoms with E-state index in [1.54, 1.807) is 6.20 Å². The van der Waals surface area contributed by atoms with Crippen LogP contribution in [0.5, 0.6) is 0 Å². The maximum atomic E-state index is 12.6. The topological polar surface area (TPSA) is 42.4 Å². The van der Waals surface area contributed by atoms with Gasteiger partial charge < -0.3 is 9.64 Å². The first-order valence-corrected chi connectivity index (χ1v) is 7.20. The van der Waals surface area contributed by atoms with E-state index in [2.05, 4.69) is 18.8 Å². The van der Waals surface area contributed by atoms with Crippen LogP contribution in [0.15, 0.2) is 18.3 Å². The van der Waals surface area contributed by atoms with Crippen molar-refractivity contribution < 1.29 is 9.53 Å². The van der Waals surface area contributed by atoms with E-state index in [4.69, 9.17) is 4.74 Å². The van der Waals surface area contributed by atoms with Gasteiger partial charge in [0.15, 0.2) is 0 Å². The lowest BCUT2D eigenvalue weighted by Crippen LogP contribution is -2.62. The molecule has 0 unspecified atom stereocenters. The number of amides is 1. The highest BCUT2D eigenvalue weighted by molar-refractivity contribution is 5.95. The van der Waals surface area contributed by atoms with E-state index in [0.29, 0.717) is 5.56 Å². The number of aromatic nitrogens is 1. The van der Waals surface area contributed by atoms with E-state index in [9.17, 15) is 4.79 Å². The molecule has 0 aromatic carbocycles. The van der Waals surface area contributed by atoms with Gasteiger partial charge in [0.05, 0.1) is 11.7 Å². The van der Waals surface area contributed by atoms with Crippen molar-refractivity contribution >= 4 is 5.91 Å². The van der Waals surface area contributed by atoms with Crippen molar-refractivity contribution in [2.45, 2.75) is 46.3 Å². The van der Waals surface area contributed by atoms with Crippen molar-refractivity contribution in [3.63, 3.8) is 0 Å². The number of hydrogen-bond donors (Lipinski definition) is 0. The molecule has 1 amide bonds. The lowest BCUT2D eigenvalue weighted by Gasteiger charge is -2.54. The molecule has 0 radical (unpaired) electrons. The van der Waals surface area contributed by atoms with Gasteiger partial charge in [0.1, 0.15) is 0 Å². The zero-order chi connectivity index (χ0) is 14.9. The van der Waals surface area contributed by atoms with E-state index in [0.717, 1.165) is 18.7 Å². The fourth-order valence-corrected chi connectivity index (χ4v) is 3.05. The number of carbonyl (C=O) groups is 1. The number of hydrogen-bond acceptors (Lipinski definition) is 3. The van der Waals surface area contributed by atoms with Gasteiger partial charge in [-0.05, 0) is 32.4 Å². The molecule has 1 aromatic rings. The quantitative estimate of drug-likeness (QED) is 0.849. The highest BCUT2D eigenvalue weighted by Gasteiger charge is 2.51. The number of ether oxygens (including phenoxy) is 1. The van der Waals surface area contributed by atoms with Gasteiger partial charge in [0.2, 0.25) is 0 Å². The molecular weight excluding hydrogens is 252 g/mol. The van der Waals surface area contributed by atoms with Gasteiger partial charge in [-0.2, -0.15) is 0 Å². The maximum Gasteiger partial charge on any atom is 0.255 e. The maximum absolute atomic E-state index is 12.6. The van der Waals surface area contributed by atoms with Gasteiger partial charge in [-0.25, -0.2) is 0 Å². The molecule has 2 rings (SSSR count). The summed E-state index contributed by atoms with van der Waals surface area (Å²) >= 11 is 0. The summed E-state index contributed by atoms with van der Waals surface area (Å²) in [7, 11) is 1.88. The first-order chi connectivity index (χ1) is 9.39. The molecule has 20 heavy (non-hydrogen) atoms. The average Bonchev–Trinajstić information content (AvgIpc) is 2.42. The van der Waals surface area contributed by atoms with Crippen molar-refractivity contribution in [3.05, 3.63) is 29.6 Å². The predicted molar refractivity (Wildman–Crippen MR) is 78.7 cm³/mol. The molecule has 1 aliphatic rings. The smallest absolute Gasteiger partial charge is 0.255 e. The third-order valence-corrected chi connectivity index (χ3v) is 4.52. The molecule has 1 fully saturated rings. The average molecular weight is 276 g/mol.